The highest BCUT2D eigenvalue weighted by molar-refractivity contribution is 6.20. The lowest BCUT2D eigenvalue weighted by atomic mass is 9.49. The summed E-state index contributed by atoms with van der Waals surface area (Å²) in [6.45, 7) is 0. The maximum absolute atomic E-state index is 12.6. The standard InChI is InChI=1S/C20H21NO4/c22-17(11-20-8-12-5-13(9-20)7-14(6-12)10-20)25-21-18(23)15-3-1-2-4-16(15)19(21)24/h1-4,12-14H,5-11H2. The molecule has 6 rings (SSSR count). The summed E-state index contributed by atoms with van der Waals surface area (Å²) >= 11 is 0. The number of rotatable bonds is 3. The molecular formula is C20H21NO4. The van der Waals surface area contributed by atoms with Crippen LogP contribution >= 0.6 is 0 Å². The second-order valence-corrected chi connectivity index (χ2v) is 8.51. The van der Waals surface area contributed by atoms with E-state index in [0.717, 1.165) is 37.0 Å². The predicted molar refractivity (Wildman–Crippen MR) is 88.3 cm³/mol. The van der Waals surface area contributed by atoms with E-state index in [9.17, 15) is 14.4 Å². The van der Waals surface area contributed by atoms with Crippen molar-refractivity contribution >= 4 is 17.8 Å². The highest BCUT2D eigenvalue weighted by Gasteiger charge is 2.52. The molecule has 1 aromatic rings. The van der Waals surface area contributed by atoms with Crippen molar-refractivity contribution in [1.82, 2.24) is 5.06 Å². The Bertz CT molecular complexity index is 713. The topological polar surface area (TPSA) is 63.7 Å². The number of amides is 2. The number of hydrogen-bond acceptors (Lipinski definition) is 4. The molecule has 4 bridgehead atoms. The van der Waals surface area contributed by atoms with Crippen LogP contribution in [0.25, 0.3) is 0 Å². The van der Waals surface area contributed by atoms with Gasteiger partial charge in [-0.2, -0.15) is 0 Å². The molecule has 0 unspecified atom stereocenters. The van der Waals surface area contributed by atoms with Crippen molar-refractivity contribution in [3.8, 4) is 0 Å². The first-order valence-electron chi connectivity index (χ1n) is 9.22. The van der Waals surface area contributed by atoms with Crippen LogP contribution in [0.5, 0.6) is 0 Å². The number of fused-ring (bicyclic) bond motifs is 1. The fourth-order valence-electron chi connectivity index (χ4n) is 6.20. The lowest BCUT2D eigenvalue weighted by Crippen LogP contribution is -2.47. The van der Waals surface area contributed by atoms with Crippen molar-refractivity contribution in [3.63, 3.8) is 0 Å². The van der Waals surface area contributed by atoms with Gasteiger partial charge in [-0.15, -0.1) is 0 Å². The van der Waals surface area contributed by atoms with Crippen LogP contribution in [0.1, 0.15) is 65.7 Å². The van der Waals surface area contributed by atoms with Gasteiger partial charge in [0.2, 0.25) is 0 Å². The second kappa shape index (κ2) is 5.16. The first kappa shape index (κ1) is 15.1. The molecule has 4 fully saturated rings. The van der Waals surface area contributed by atoms with E-state index in [1.807, 2.05) is 0 Å². The zero-order valence-corrected chi connectivity index (χ0v) is 14.1. The number of carbonyl (C=O) groups excluding carboxylic acids is 3. The van der Waals surface area contributed by atoms with Crippen molar-refractivity contribution in [2.24, 2.45) is 23.2 Å². The Morgan fingerprint density at radius 2 is 1.44 bits per heavy atom. The Labute approximate surface area is 146 Å². The van der Waals surface area contributed by atoms with Crippen LogP contribution in [0.15, 0.2) is 24.3 Å². The Morgan fingerprint density at radius 1 is 0.960 bits per heavy atom. The van der Waals surface area contributed by atoms with Crippen molar-refractivity contribution in [1.29, 1.82) is 0 Å². The van der Waals surface area contributed by atoms with E-state index >= 15 is 0 Å². The molecule has 0 saturated heterocycles. The Hall–Kier alpha value is -2.17. The van der Waals surface area contributed by atoms with Gasteiger partial charge in [0.15, 0.2) is 0 Å². The number of imide groups is 1. The molecule has 25 heavy (non-hydrogen) atoms. The zero-order valence-electron chi connectivity index (χ0n) is 14.1. The monoisotopic (exact) mass is 339 g/mol. The fourth-order valence-corrected chi connectivity index (χ4v) is 6.20. The summed E-state index contributed by atoms with van der Waals surface area (Å²) in [5.74, 6) is 0.713. The Morgan fingerprint density at radius 3 is 1.92 bits per heavy atom. The molecule has 0 spiro atoms. The first-order chi connectivity index (χ1) is 12.0. The molecule has 5 aliphatic rings. The van der Waals surface area contributed by atoms with Crippen LogP contribution in [0.4, 0.5) is 0 Å². The smallest absolute Gasteiger partial charge is 0.330 e. The highest BCUT2D eigenvalue weighted by atomic mass is 16.7. The van der Waals surface area contributed by atoms with Crippen molar-refractivity contribution in [2.45, 2.75) is 44.9 Å². The summed E-state index contributed by atoms with van der Waals surface area (Å²) in [5.41, 5.74) is 0.634. The minimum absolute atomic E-state index is 0.0322. The van der Waals surface area contributed by atoms with Gasteiger partial charge in [0.1, 0.15) is 0 Å². The van der Waals surface area contributed by atoms with Crippen LogP contribution in [0.2, 0.25) is 0 Å². The van der Waals surface area contributed by atoms with E-state index in [4.69, 9.17) is 4.84 Å². The van der Waals surface area contributed by atoms with Gasteiger partial charge < -0.3 is 4.84 Å². The van der Waals surface area contributed by atoms with Gasteiger partial charge in [-0.05, 0) is 73.8 Å². The second-order valence-electron chi connectivity index (χ2n) is 8.51. The third kappa shape index (κ3) is 2.32. The molecule has 1 aliphatic heterocycles. The summed E-state index contributed by atoms with van der Waals surface area (Å²) in [7, 11) is 0. The Balaban J connectivity index is 1.31. The third-order valence-corrected chi connectivity index (χ3v) is 6.63. The average molecular weight is 339 g/mol. The van der Waals surface area contributed by atoms with E-state index in [-0.39, 0.29) is 5.41 Å². The first-order valence-corrected chi connectivity index (χ1v) is 9.22. The number of hydroxylamine groups is 2. The van der Waals surface area contributed by atoms with Crippen molar-refractivity contribution in [3.05, 3.63) is 35.4 Å². The van der Waals surface area contributed by atoms with Crippen molar-refractivity contribution < 1.29 is 19.2 Å². The molecular weight excluding hydrogens is 318 g/mol. The molecule has 2 amide bonds. The molecule has 5 heteroatoms. The summed E-state index contributed by atoms with van der Waals surface area (Å²) in [6, 6.07) is 6.57. The zero-order chi connectivity index (χ0) is 17.2. The summed E-state index contributed by atoms with van der Waals surface area (Å²) in [4.78, 5) is 42.5. The summed E-state index contributed by atoms with van der Waals surface area (Å²) < 4.78 is 0. The molecule has 0 radical (unpaired) electrons. The van der Waals surface area contributed by atoms with Crippen LogP contribution in [-0.4, -0.2) is 22.8 Å². The summed E-state index contributed by atoms with van der Waals surface area (Å²) in [6.07, 6.45) is 7.54. The largest absolute Gasteiger partial charge is 0.333 e. The van der Waals surface area contributed by atoms with Gasteiger partial charge in [0.25, 0.3) is 11.8 Å². The minimum Gasteiger partial charge on any atom is -0.330 e. The molecule has 4 saturated carbocycles. The van der Waals surface area contributed by atoms with Gasteiger partial charge in [-0.3, -0.25) is 9.59 Å². The fraction of sp³-hybridized carbons (Fsp3) is 0.550. The van der Waals surface area contributed by atoms with E-state index in [0.29, 0.717) is 22.6 Å². The van der Waals surface area contributed by atoms with Crippen molar-refractivity contribution in [2.75, 3.05) is 0 Å². The average Bonchev–Trinajstić information content (AvgIpc) is 2.78. The lowest BCUT2D eigenvalue weighted by molar-refractivity contribution is -0.175. The Kier molecular flexibility index (Phi) is 3.12. The quantitative estimate of drug-likeness (QED) is 0.792. The van der Waals surface area contributed by atoms with E-state index in [2.05, 4.69) is 0 Å². The number of hydrogen-bond donors (Lipinski definition) is 0. The van der Waals surface area contributed by atoms with Crippen LogP contribution < -0.4 is 0 Å². The lowest BCUT2D eigenvalue weighted by Gasteiger charge is -2.56. The minimum atomic E-state index is -0.542. The predicted octanol–water partition coefficient (Wildman–Crippen LogP) is 3.35. The van der Waals surface area contributed by atoms with Gasteiger partial charge >= 0.3 is 5.97 Å². The summed E-state index contributed by atoms with van der Waals surface area (Å²) in [5, 5.41) is 0.646. The van der Waals surface area contributed by atoms with E-state index in [1.165, 1.54) is 19.3 Å². The molecule has 0 aromatic heterocycles. The molecule has 4 aliphatic carbocycles. The maximum atomic E-state index is 12.6. The third-order valence-electron chi connectivity index (χ3n) is 6.63. The molecule has 1 aromatic carbocycles. The van der Waals surface area contributed by atoms with Gasteiger partial charge in [-0.1, -0.05) is 17.2 Å². The molecule has 1 heterocycles. The van der Waals surface area contributed by atoms with Gasteiger partial charge in [0.05, 0.1) is 17.5 Å². The van der Waals surface area contributed by atoms with Gasteiger partial charge in [-0.25, -0.2) is 4.79 Å². The van der Waals surface area contributed by atoms with Crippen LogP contribution in [-0.2, 0) is 9.63 Å². The molecule has 0 atom stereocenters. The van der Waals surface area contributed by atoms with E-state index in [1.54, 1.807) is 24.3 Å². The van der Waals surface area contributed by atoms with Crippen LogP contribution in [0, 0.1) is 23.2 Å². The number of carbonyl (C=O) groups is 3. The molecule has 130 valence electrons. The number of nitrogens with zero attached hydrogens (tertiary/aromatic N) is 1. The molecule has 0 N–H and O–H groups in total. The molecule has 5 nitrogen and oxygen atoms in total. The van der Waals surface area contributed by atoms with Gasteiger partial charge in [0, 0.05) is 0 Å². The van der Waals surface area contributed by atoms with E-state index < -0.39 is 17.8 Å². The number of benzene rings is 1. The SMILES string of the molecule is O=C(CC12CC3CC(CC(C3)C1)C2)ON1C(=O)c2ccccc2C1=O. The normalized spacial score (nSPS) is 35.2. The van der Waals surface area contributed by atoms with Crippen LogP contribution in [0.3, 0.4) is 0 Å². The highest BCUT2D eigenvalue weighted by Crippen LogP contribution is 2.61. The maximum Gasteiger partial charge on any atom is 0.333 e.